The van der Waals surface area contributed by atoms with E-state index in [1.807, 2.05) is 31.2 Å². The van der Waals surface area contributed by atoms with Gasteiger partial charge in [0.15, 0.2) is 5.60 Å². The second-order valence-electron chi connectivity index (χ2n) is 5.56. The van der Waals surface area contributed by atoms with Gasteiger partial charge >= 0.3 is 5.97 Å². The highest BCUT2D eigenvalue weighted by Crippen LogP contribution is 2.19. The molecule has 0 aliphatic rings. The molecule has 0 saturated heterocycles. The second-order valence-corrected chi connectivity index (χ2v) is 5.56. The second kappa shape index (κ2) is 7.22. The Kier molecular flexibility index (Phi) is 5.90. The summed E-state index contributed by atoms with van der Waals surface area (Å²) in [5, 5.41) is 20.8. The number of amides is 1. The number of hydrogen-bond donors (Lipinski definition) is 3. The smallest absolute Gasteiger partial charge is 0.337 e. The van der Waals surface area contributed by atoms with Crippen LogP contribution in [0.25, 0.3) is 0 Å². The quantitative estimate of drug-likeness (QED) is 0.714. The van der Waals surface area contributed by atoms with Gasteiger partial charge in [-0.1, -0.05) is 38.1 Å². The molecule has 5 nitrogen and oxygen atoms in total. The average molecular weight is 293 g/mol. The minimum Gasteiger partial charge on any atom is -0.479 e. The van der Waals surface area contributed by atoms with E-state index in [0.717, 1.165) is 18.9 Å². The zero-order valence-corrected chi connectivity index (χ0v) is 12.7. The van der Waals surface area contributed by atoms with Gasteiger partial charge in [0.2, 0.25) is 5.91 Å². The number of carboxylic acids is 1. The molecule has 0 fully saturated rings. The van der Waals surface area contributed by atoms with Gasteiger partial charge in [-0.05, 0) is 30.4 Å². The third-order valence-corrected chi connectivity index (χ3v) is 3.54. The van der Waals surface area contributed by atoms with Crippen LogP contribution < -0.4 is 5.32 Å². The molecule has 1 aromatic carbocycles. The molecular weight excluding hydrogens is 270 g/mol. The maximum Gasteiger partial charge on any atom is 0.337 e. The number of aryl methyl sites for hydroxylation is 1. The van der Waals surface area contributed by atoms with E-state index in [4.69, 9.17) is 5.11 Å². The van der Waals surface area contributed by atoms with Crippen molar-refractivity contribution < 1.29 is 19.8 Å². The third kappa shape index (κ3) is 5.19. The third-order valence-electron chi connectivity index (χ3n) is 3.54. The number of aliphatic carboxylic acids is 1. The van der Waals surface area contributed by atoms with Gasteiger partial charge in [0.1, 0.15) is 0 Å². The Morgan fingerprint density at radius 3 is 2.33 bits per heavy atom. The summed E-state index contributed by atoms with van der Waals surface area (Å²) >= 11 is 0. The number of benzene rings is 1. The fourth-order valence-corrected chi connectivity index (χ4v) is 1.90. The monoisotopic (exact) mass is 293 g/mol. The van der Waals surface area contributed by atoms with Gasteiger partial charge in [0, 0.05) is 6.42 Å². The van der Waals surface area contributed by atoms with Crippen molar-refractivity contribution in [3.63, 3.8) is 0 Å². The molecule has 2 atom stereocenters. The van der Waals surface area contributed by atoms with E-state index < -0.39 is 11.6 Å². The van der Waals surface area contributed by atoms with Crippen LogP contribution in [-0.4, -0.2) is 34.2 Å². The fraction of sp³-hybridized carbons (Fsp3) is 0.500. The first kappa shape index (κ1) is 17.2. The zero-order valence-electron chi connectivity index (χ0n) is 12.7. The fourth-order valence-electron chi connectivity index (χ4n) is 1.90. The first-order valence-electron chi connectivity index (χ1n) is 7.07. The summed E-state index contributed by atoms with van der Waals surface area (Å²) in [5.74, 6) is -1.60. The van der Waals surface area contributed by atoms with E-state index in [2.05, 4.69) is 12.2 Å². The summed E-state index contributed by atoms with van der Waals surface area (Å²) in [4.78, 5) is 22.5. The Morgan fingerprint density at radius 1 is 1.29 bits per heavy atom. The van der Waals surface area contributed by atoms with Crippen LogP contribution in [0, 0.1) is 0 Å². The molecule has 3 N–H and O–H groups in total. The standard InChI is InChI=1S/C16H23NO4/c1-4-12-5-7-13(8-6-12)11(2)9-14(18)17-10-16(3,21)15(19)20/h5-8,11,21H,4,9-10H2,1-3H3,(H,17,18)(H,19,20). The van der Waals surface area contributed by atoms with Crippen LogP contribution >= 0.6 is 0 Å². The molecule has 0 radical (unpaired) electrons. The van der Waals surface area contributed by atoms with Crippen molar-refractivity contribution in [3.8, 4) is 0 Å². The lowest BCUT2D eigenvalue weighted by atomic mass is 9.96. The van der Waals surface area contributed by atoms with E-state index in [0.29, 0.717) is 0 Å². The van der Waals surface area contributed by atoms with Crippen molar-refractivity contribution in [1.29, 1.82) is 0 Å². The van der Waals surface area contributed by atoms with Crippen molar-refractivity contribution in [1.82, 2.24) is 5.32 Å². The predicted molar refractivity (Wildman–Crippen MR) is 80.1 cm³/mol. The van der Waals surface area contributed by atoms with Gasteiger partial charge < -0.3 is 15.5 Å². The van der Waals surface area contributed by atoms with Crippen molar-refractivity contribution in [2.45, 2.75) is 45.1 Å². The van der Waals surface area contributed by atoms with Gasteiger partial charge in [0.05, 0.1) is 6.54 Å². The Bertz CT molecular complexity index is 494. The lowest BCUT2D eigenvalue weighted by Crippen LogP contribution is -2.46. The number of carbonyl (C=O) groups is 2. The first-order valence-corrected chi connectivity index (χ1v) is 7.07. The van der Waals surface area contributed by atoms with Gasteiger partial charge in [-0.15, -0.1) is 0 Å². The molecule has 1 rings (SSSR count). The van der Waals surface area contributed by atoms with Crippen LogP contribution in [0.5, 0.6) is 0 Å². The van der Waals surface area contributed by atoms with Gasteiger partial charge in [0.25, 0.3) is 0 Å². The molecule has 0 aliphatic carbocycles. The number of rotatable bonds is 7. The summed E-state index contributed by atoms with van der Waals surface area (Å²) in [6.45, 7) is 4.88. The van der Waals surface area contributed by atoms with E-state index in [9.17, 15) is 14.7 Å². The summed E-state index contributed by atoms with van der Waals surface area (Å²) in [5.41, 5.74) is 0.363. The van der Waals surface area contributed by atoms with Crippen LogP contribution in [0.1, 0.15) is 44.2 Å². The molecular formula is C16H23NO4. The normalized spacial score (nSPS) is 15.0. The Hall–Kier alpha value is -1.88. The lowest BCUT2D eigenvalue weighted by Gasteiger charge is -2.19. The molecule has 0 spiro atoms. The van der Waals surface area contributed by atoms with Gasteiger partial charge in [-0.2, -0.15) is 0 Å². The molecule has 2 unspecified atom stereocenters. The highest BCUT2D eigenvalue weighted by Gasteiger charge is 2.30. The summed E-state index contributed by atoms with van der Waals surface area (Å²) in [6, 6.07) is 8.09. The van der Waals surface area contributed by atoms with Crippen LogP contribution in [0.2, 0.25) is 0 Å². The van der Waals surface area contributed by atoms with Crippen LogP contribution in [0.15, 0.2) is 24.3 Å². The molecule has 0 aromatic heterocycles. The van der Waals surface area contributed by atoms with Gasteiger partial charge in [-0.3, -0.25) is 4.79 Å². The minimum atomic E-state index is -1.94. The largest absolute Gasteiger partial charge is 0.479 e. The molecule has 116 valence electrons. The number of aliphatic hydroxyl groups is 1. The highest BCUT2D eigenvalue weighted by atomic mass is 16.4. The van der Waals surface area contributed by atoms with Crippen molar-refractivity contribution in [2.24, 2.45) is 0 Å². The summed E-state index contributed by atoms with van der Waals surface area (Å²) in [6.07, 6.45) is 1.22. The maximum atomic E-state index is 11.8. The molecule has 1 aromatic rings. The first-order chi connectivity index (χ1) is 9.76. The van der Waals surface area contributed by atoms with Crippen LogP contribution in [0.4, 0.5) is 0 Å². The van der Waals surface area contributed by atoms with E-state index in [1.54, 1.807) is 0 Å². The molecule has 21 heavy (non-hydrogen) atoms. The molecule has 0 bridgehead atoms. The number of hydrogen-bond acceptors (Lipinski definition) is 3. The van der Waals surface area contributed by atoms with E-state index in [1.165, 1.54) is 5.56 Å². The number of nitrogens with one attached hydrogen (secondary N) is 1. The molecule has 5 heteroatoms. The van der Waals surface area contributed by atoms with Gasteiger partial charge in [-0.25, -0.2) is 4.79 Å². The topological polar surface area (TPSA) is 86.6 Å². The molecule has 0 heterocycles. The Morgan fingerprint density at radius 2 is 1.86 bits per heavy atom. The lowest BCUT2D eigenvalue weighted by molar-refractivity contribution is -0.156. The minimum absolute atomic E-state index is 0.0330. The predicted octanol–water partition coefficient (Wildman–Crippen LogP) is 1.69. The summed E-state index contributed by atoms with van der Waals surface area (Å²) in [7, 11) is 0. The average Bonchev–Trinajstić information content (AvgIpc) is 2.45. The zero-order chi connectivity index (χ0) is 16.0. The molecule has 1 amide bonds. The molecule has 0 aliphatic heterocycles. The molecule has 0 saturated carbocycles. The summed E-state index contributed by atoms with van der Waals surface area (Å²) < 4.78 is 0. The van der Waals surface area contributed by atoms with Crippen LogP contribution in [0.3, 0.4) is 0 Å². The SMILES string of the molecule is CCc1ccc(C(C)CC(=O)NCC(C)(O)C(=O)O)cc1. The van der Waals surface area contributed by atoms with Crippen molar-refractivity contribution in [2.75, 3.05) is 6.54 Å². The van der Waals surface area contributed by atoms with Crippen molar-refractivity contribution in [3.05, 3.63) is 35.4 Å². The Labute approximate surface area is 125 Å². The number of carbonyl (C=O) groups excluding carboxylic acids is 1. The van der Waals surface area contributed by atoms with Crippen LogP contribution in [-0.2, 0) is 16.0 Å². The number of carboxylic acid groups (broad SMARTS) is 1. The van der Waals surface area contributed by atoms with Crippen molar-refractivity contribution >= 4 is 11.9 Å². The Balaban J connectivity index is 2.52. The van der Waals surface area contributed by atoms with E-state index >= 15 is 0 Å². The highest BCUT2D eigenvalue weighted by molar-refractivity contribution is 5.80. The van der Waals surface area contributed by atoms with E-state index in [-0.39, 0.29) is 24.8 Å². The maximum absolute atomic E-state index is 11.8.